The fourth-order valence-electron chi connectivity index (χ4n) is 1.71. The van der Waals surface area contributed by atoms with Crippen LogP contribution in [-0.2, 0) is 0 Å². The number of anilines is 3. The second-order valence-corrected chi connectivity index (χ2v) is 4.38. The minimum absolute atomic E-state index is 0.307. The van der Waals surface area contributed by atoms with E-state index in [9.17, 15) is 5.11 Å². The first-order valence-corrected chi connectivity index (χ1v) is 7.04. The number of hydrogen-bond acceptors (Lipinski definition) is 8. The van der Waals surface area contributed by atoms with E-state index in [-0.39, 0.29) is 6.10 Å². The van der Waals surface area contributed by atoms with E-state index in [2.05, 4.69) is 25.7 Å². The fourth-order valence-corrected chi connectivity index (χ4v) is 1.71. The zero-order valence-electron chi connectivity index (χ0n) is 12.4. The Morgan fingerprint density at radius 2 is 1.80 bits per heavy atom. The number of aliphatic hydroxyl groups excluding tert-OH is 1. The molecule has 0 fully saturated rings. The maximum Gasteiger partial charge on any atom is 0.243 e. The van der Waals surface area contributed by atoms with Crippen molar-refractivity contribution < 1.29 is 5.11 Å². The van der Waals surface area contributed by atoms with Crippen LogP contribution in [0.5, 0.6) is 0 Å². The SMILES string of the molecule is CCC(O)CCNc1nc(NN)nc(N(CC)CC)n1. The molecular weight excluding hydrogens is 258 g/mol. The van der Waals surface area contributed by atoms with Gasteiger partial charge in [-0.15, -0.1) is 0 Å². The first-order chi connectivity index (χ1) is 9.64. The van der Waals surface area contributed by atoms with Crippen LogP contribution in [0.2, 0.25) is 0 Å². The standard InChI is InChI=1S/C12H25N7O/c1-4-9(20)7-8-14-10-15-11(18-13)17-12(16-10)19(5-2)6-3/h9,20H,4-8,13H2,1-3H3,(H2,14,15,16,17,18). The van der Waals surface area contributed by atoms with Crippen LogP contribution in [0.4, 0.5) is 17.8 Å². The summed E-state index contributed by atoms with van der Waals surface area (Å²) in [5, 5.41) is 12.6. The molecule has 114 valence electrons. The molecule has 5 N–H and O–H groups in total. The van der Waals surface area contributed by atoms with E-state index in [1.807, 2.05) is 25.7 Å². The Hall–Kier alpha value is -1.67. The largest absolute Gasteiger partial charge is 0.393 e. The van der Waals surface area contributed by atoms with E-state index in [4.69, 9.17) is 5.84 Å². The summed E-state index contributed by atoms with van der Waals surface area (Å²) in [4.78, 5) is 14.7. The number of nitrogens with zero attached hydrogens (tertiary/aromatic N) is 4. The highest BCUT2D eigenvalue weighted by molar-refractivity contribution is 5.43. The molecule has 0 bridgehead atoms. The predicted octanol–water partition coefficient (Wildman–Crippen LogP) is 0.576. The van der Waals surface area contributed by atoms with Gasteiger partial charge in [-0.05, 0) is 26.7 Å². The van der Waals surface area contributed by atoms with Gasteiger partial charge in [0.1, 0.15) is 0 Å². The van der Waals surface area contributed by atoms with Crippen LogP contribution >= 0.6 is 0 Å². The van der Waals surface area contributed by atoms with Crippen LogP contribution in [0, 0.1) is 0 Å². The van der Waals surface area contributed by atoms with Crippen molar-refractivity contribution in [1.29, 1.82) is 0 Å². The minimum atomic E-state index is -0.307. The van der Waals surface area contributed by atoms with E-state index >= 15 is 0 Å². The van der Waals surface area contributed by atoms with Crippen molar-refractivity contribution >= 4 is 17.8 Å². The van der Waals surface area contributed by atoms with Crippen LogP contribution in [0.3, 0.4) is 0 Å². The first kappa shape index (κ1) is 16.4. The van der Waals surface area contributed by atoms with Crippen molar-refractivity contribution in [3.63, 3.8) is 0 Å². The molecule has 1 rings (SSSR count). The highest BCUT2D eigenvalue weighted by atomic mass is 16.3. The lowest BCUT2D eigenvalue weighted by atomic mass is 10.2. The molecule has 0 aliphatic heterocycles. The topological polar surface area (TPSA) is 112 Å². The zero-order valence-corrected chi connectivity index (χ0v) is 12.4. The normalized spacial score (nSPS) is 12.1. The van der Waals surface area contributed by atoms with Crippen molar-refractivity contribution in [2.24, 2.45) is 5.84 Å². The number of nitrogens with one attached hydrogen (secondary N) is 2. The van der Waals surface area contributed by atoms with Crippen LogP contribution in [0.15, 0.2) is 0 Å². The predicted molar refractivity (Wildman–Crippen MR) is 80.6 cm³/mol. The fraction of sp³-hybridized carbons (Fsp3) is 0.750. The molecule has 1 heterocycles. The van der Waals surface area contributed by atoms with Crippen molar-refractivity contribution in [3.8, 4) is 0 Å². The molecule has 0 radical (unpaired) electrons. The Bertz CT molecular complexity index is 397. The summed E-state index contributed by atoms with van der Waals surface area (Å²) in [5.74, 6) is 6.74. The minimum Gasteiger partial charge on any atom is -0.393 e. The van der Waals surface area contributed by atoms with E-state index in [0.717, 1.165) is 19.5 Å². The lowest BCUT2D eigenvalue weighted by Crippen LogP contribution is -2.26. The number of nitrogen functional groups attached to an aromatic ring is 1. The van der Waals surface area contributed by atoms with Gasteiger partial charge < -0.3 is 15.3 Å². The van der Waals surface area contributed by atoms with Gasteiger partial charge in [-0.2, -0.15) is 15.0 Å². The van der Waals surface area contributed by atoms with E-state index in [0.29, 0.717) is 30.8 Å². The van der Waals surface area contributed by atoms with Gasteiger partial charge in [0.25, 0.3) is 0 Å². The zero-order chi connectivity index (χ0) is 15.0. The smallest absolute Gasteiger partial charge is 0.243 e. The quantitative estimate of drug-likeness (QED) is 0.384. The lowest BCUT2D eigenvalue weighted by molar-refractivity contribution is 0.164. The summed E-state index contributed by atoms with van der Waals surface area (Å²) in [6, 6.07) is 0. The van der Waals surface area contributed by atoms with Gasteiger partial charge in [-0.1, -0.05) is 6.92 Å². The highest BCUT2D eigenvalue weighted by Crippen LogP contribution is 2.13. The van der Waals surface area contributed by atoms with Crippen LogP contribution in [0.25, 0.3) is 0 Å². The van der Waals surface area contributed by atoms with Crippen molar-refractivity contribution in [2.45, 2.75) is 39.7 Å². The molecule has 8 nitrogen and oxygen atoms in total. The molecule has 0 aliphatic carbocycles. The van der Waals surface area contributed by atoms with E-state index < -0.39 is 0 Å². The van der Waals surface area contributed by atoms with Gasteiger partial charge >= 0.3 is 0 Å². The molecule has 1 aromatic rings. The molecule has 8 heteroatoms. The molecule has 0 aromatic carbocycles. The van der Waals surface area contributed by atoms with E-state index in [1.165, 1.54) is 0 Å². The highest BCUT2D eigenvalue weighted by Gasteiger charge is 2.10. The molecule has 0 amide bonds. The number of hydrazine groups is 1. The average molecular weight is 283 g/mol. The van der Waals surface area contributed by atoms with Crippen molar-refractivity contribution in [3.05, 3.63) is 0 Å². The lowest BCUT2D eigenvalue weighted by Gasteiger charge is -2.19. The summed E-state index contributed by atoms with van der Waals surface area (Å²) in [5.41, 5.74) is 2.44. The number of nitrogens with two attached hydrogens (primary N) is 1. The van der Waals surface area contributed by atoms with Crippen molar-refractivity contribution in [2.75, 3.05) is 35.3 Å². The Morgan fingerprint density at radius 3 is 2.35 bits per heavy atom. The van der Waals surface area contributed by atoms with Crippen LogP contribution < -0.4 is 21.5 Å². The van der Waals surface area contributed by atoms with Crippen LogP contribution in [-0.4, -0.2) is 45.8 Å². The second kappa shape index (κ2) is 8.49. The Morgan fingerprint density at radius 1 is 1.15 bits per heavy atom. The summed E-state index contributed by atoms with van der Waals surface area (Å²) in [7, 11) is 0. The van der Waals surface area contributed by atoms with Gasteiger partial charge in [-0.3, -0.25) is 5.43 Å². The third kappa shape index (κ3) is 4.78. The number of aromatic nitrogens is 3. The summed E-state index contributed by atoms with van der Waals surface area (Å²) < 4.78 is 0. The van der Waals surface area contributed by atoms with Gasteiger partial charge in [0.15, 0.2) is 0 Å². The third-order valence-electron chi connectivity index (χ3n) is 3.03. The summed E-state index contributed by atoms with van der Waals surface area (Å²) in [6.07, 6.45) is 1.08. The second-order valence-electron chi connectivity index (χ2n) is 4.38. The molecule has 0 saturated heterocycles. The Balaban J connectivity index is 2.77. The Kier molecular flexibility index (Phi) is 6.96. The van der Waals surface area contributed by atoms with Crippen LogP contribution in [0.1, 0.15) is 33.6 Å². The number of hydrogen-bond donors (Lipinski definition) is 4. The third-order valence-corrected chi connectivity index (χ3v) is 3.03. The molecule has 1 atom stereocenters. The molecular formula is C12H25N7O. The summed E-state index contributed by atoms with van der Waals surface area (Å²) in [6.45, 7) is 8.22. The monoisotopic (exact) mass is 283 g/mol. The molecule has 20 heavy (non-hydrogen) atoms. The van der Waals surface area contributed by atoms with Gasteiger partial charge in [0, 0.05) is 19.6 Å². The maximum atomic E-state index is 9.52. The van der Waals surface area contributed by atoms with Gasteiger partial charge in [0.2, 0.25) is 17.8 Å². The molecule has 0 saturated carbocycles. The maximum absolute atomic E-state index is 9.52. The first-order valence-electron chi connectivity index (χ1n) is 7.04. The van der Waals surface area contributed by atoms with Gasteiger partial charge in [-0.25, -0.2) is 5.84 Å². The Labute approximate surface area is 119 Å². The molecule has 1 aromatic heterocycles. The molecule has 0 spiro atoms. The summed E-state index contributed by atoms with van der Waals surface area (Å²) >= 11 is 0. The van der Waals surface area contributed by atoms with Crippen molar-refractivity contribution in [1.82, 2.24) is 15.0 Å². The molecule has 0 aliphatic rings. The number of rotatable bonds is 9. The van der Waals surface area contributed by atoms with Gasteiger partial charge in [0.05, 0.1) is 6.10 Å². The van der Waals surface area contributed by atoms with E-state index in [1.54, 1.807) is 0 Å². The number of aliphatic hydroxyl groups is 1. The average Bonchev–Trinajstić information content (AvgIpc) is 2.48. The molecule has 1 unspecified atom stereocenters.